The standard InChI is InChI=1S/C8H12N2O/c1-11-8-3-2-7-4-5-9-10(7)6-8/h4-5,8H,2-3,6H2,1H3. The van der Waals surface area contributed by atoms with Gasteiger partial charge in [-0.15, -0.1) is 0 Å². The van der Waals surface area contributed by atoms with Crippen LogP contribution in [-0.4, -0.2) is 23.0 Å². The van der Waals surface area contributed by atoms with Crippen molar-refractivity contribution < 1.29 is 4.74 Å². The molecule has 2 heterocycles. The van der Waals surface area contributed by atoms with Crippen LogP contribution in [0.15, 0.2) is 12.3 Å². The van der Waals surface area contributed by atoms with Gasteiger partial charge in [0.05, 0.1) is 12.6 Å². The third-order valence-corrected chi connectivity index (χ3v) is 2.24. The summed E-state index contributed by atoms with van der Waals surface area (Å²) in [6, 6.07) is 2.08. The summed E-state index contributed by atoms with van der Waals surface area (Å²) in [7, 11) is 1.76. The van der Waals surface area contributed by atoms with E-state index in [0.29, 0.717) is 6.10 Å². The molecule has 11 heavy (non-hydrogen) atoms. The van der Waals surface area contributed by atoms with Crippen molar-refractivity contribution in [2.45, 2.75) is 25.5 Å². The van der Waals surface area contributed by atoms with Crippen LogP contribution in [0.1, 0.15) is 12.1 Å². The van der Waals surface area contributed by atoms with Crippen LogP contribution >= 0.6 is 0 Å². The lowest BCUT2D eigenvalue weighted by Crippen LogP contribution is -2.26. The monoisotopic (exact) mass is 152 g/mol. The van der Waals surface area contributed by atoms with Gasteiger partial charge in [0, 0.05) is 19.0 Å². The number of fused-ring (bicyclic) bond motifs is 1. The molecule has 1 aliphatic heterocycles. The van der Waals surface area contributed by atoms with E-state index in [4.69, 9.17) is 4.74 Å². The van der Waals surface area contributed by atoms with Gasteiger partial charge in [-0.25, -0.2) is 0 Å². The molecule has 0 spiro atoms. The molecule has 1 atom stereocenters. The SMILES string of the molecule is COC1CCc2ccnn2C1. The number of nitrogens with zero attached hydrogens (tertiary/aromatic N) is 2. The Labute approximate surface area is 66.0 Å². The Bertz CT molecular complexity index is 244. The maximum atomic E-state index is 5.26. The molecule has 2 rings (SSSR count). The van der Waals surface area contributed by atoms with Gasteiger partial charge in [0.1, 0.15) is 0 Å². The van der Waals surface area contributed by atoms with E-state index in [0.717, 1.165) is 19.4 Å². The van der Waals surface area contributed by atoms with Crippen LogP contribution < -0.4 is 0 Å². The van der Waals surface area contributed by atoms with E-state index < -0.39 is 0 Å². The van der Waals surface area contributed by atoms with Crippen molar-refractivity contribution in [2.24, 2.45) is 0 Å². The van der Waals surface area contributed by atoms with Crippen molar-refractivity contribution in [1.82, 2.24) is 9.78 Å². The molecular formula is C8H12N2O. The van der Waals surface area contributed by atoms with E-state index in [9.17, 15) is 0 Å². The zero-order valence-corrected chi connectivity index (χ0v) is 6.66. The zero-order chi connectivity index (χ0) is 7.68. The van der Waals surface area contributed by atoms with Crippen molar-refractivity contribution in [3.63, 3.8) is 0 Å². The second-order valence-corrected chi connectivity index (χ2v) is 2.90. The predicted molar refractivity (Wildman–Crippen MR) is 41.3 cm³/mol. The van der Waals surface area contributed by atoms with E-state index in [-0.39, 0.29) is 0 Å². The third kappa shape index (κ3) is 1.16. The van der Waals surface area contributed by atoms with E-state index in [1.165, 1.54) is 5.69 Å². The number of rotatable bonds is 1. The van der Waals surface area contributed by atoms with Crippen LogP contribution in [0.25, 0.3) is 0 Å². The second kappa shape index (κ2) is 2.66. The molecule has 0 amide bonds. The molecule has 0 saturated carbocycles. The van der Waals surface area contributed by atoms with Gasteiger partial charge in [0.15, 0.2) is 0 Å². The average molecular weight is 152 g/mol. The van der Waals surface area contributed by atoms with Gasteiger partial charge >= 0.3 is 0 Å². The molecule has 3 nitrogen and oxygen atoms in total. The quantitative estimate of drug-likeness (QED) is 0.596. The Morgan fingerprint density at radius 3 is 3.45 bits per heavy atom. The summed E-state index contributed by atoms with van der Waals surface area (Å²) in [4.78, 5) is 0. The molecule has 0 bridgehead atoms. The fraction of sp³-hybridized carbons (Fsp3) is 0.625. The molecule has 0 N–H and O–H groups in total. The molecule has 1 aliphatic rings. The Morgan fingerprint density at radius 2 is 2.64 bits per heavy atom. The molecule has 1 unspecified atom stereocenters. The van der Waals surface area contributed by atoms with Gasteiger partial charge in [0.25, 0.3) is 0 Å². The van der Waals surface area contributed by atoms with E-state index in [2.05, 4.69) is 11.2 Å². The van der Waals surface area contributed by atoms with E-state index in [1.807, 2.05) is 10.9 Å². The van der Waals surface area contributed by atoms with Crippen molar-refractivity contribution in [3.05, 3.63) is 18.0 Å². The van der Waals surface area contributed by atoms with E-state index in [1.54, 1.807) is 7.11 Å². The fourth-order valence-corrected chi connectivity index (χ4v) is 1.52. The Kier molecular flexibility index (Phi) is 1.66. The van der Waals surface area contributed by atoms with Gasteiger partial charge in [-0.05, 0) is 18.9 Å². The van der Waals surface area contributed by atoms with Gasteiger partial charge in [-0.3, -0.25) is 4.68 Å². The first-order valence-corrected chi connectivity index (χ1v) is 3.93. The highest BCUT2D eigenvalue weighted by Crippen LogP contribution is 2.14. The second-order valence-electron chi connectivity index (χ2n) is 2.90. The molecule has 3 heteroatoms. The highest BCUT2D eigenvalue weighted by atomic mass is 16.5. The average Bonchev–Trinajstić information content (AvgIpc) is 2.50. The smallest absolute Gasteiger partial charge is 0.0771 e. The molecule has 0 fully saturated rings. The van der Waals surface area contributed by atoms with Crippen LogP contribution in [0.5, 0.6) is 0 Å². The number of hydrogen-bond acceptors (Lipinski definition) is 2. The molecule has 0 aliphatic carbocycles. The molecular weight excluding hydrogens is 140 g/mol. The number of aryl methyl sites for hydroxylation is 1. The first-order valence-electron chi connectivity index (χ1n) is 3.93. The van der Waals surface area contributed by atoms with E-state index >= 15 is 0 Å². The third-order valence-electron chi connectivity index (χ3n) is 2.24. The first-order chi connectivity index (χ1) is 5.40. The van der Waals surface area contributed by atoms with Crippen molar-refractivity contribution in [3.8, 4) is 0 Å². The molecule has 1 aromatic rings. The van der Waals surface area contributed by atoms with Gasteiger partial charge < -0.3 is 4.74 Å². The van der Waals surface area contributed by atoms with Crippen LogP contribution in [0.4, 0.5) is 0 Å². The first kappa shape index (κ1) is 6.85. The maximum absolute atomic E-state index is 5.26. The zero-order valence-electron chi connectivity index (χ0n) is 6.66. The largest absolute Gasteiger partial charge is 0.380 e. The van der Waals surface area contributed by atoms with Crippen molar-refractivity contribution in [1.29, 1.82) is 0 Å². The molecule has 0 radical (unpaired) electrons. The highest BCUT2D eigenvalue weighted by Gasteiger charge is 2.17. The molecule has 1 aromatic heterocycles. The summed E-state index contributed by atoms with van der Waals surface area (Å²) >= 11 is 0. The minimum atomic E-state index is 0.363. The molecule has 0 aromatic carbocycles. The van der Waals surface area contributed by atoms with Crippen molar-refractivity contribution in [2.75, 3.05) is 7.11 Å². The minimum Gasteiger partial charge on any atom is -0.380 e. The van der Waals surface area contributed by atoms with Crippen molar-refractivity contribution >= 4 is 0 Å². The number of methoxy groups -OCH3 is 1. The summed E-state index contributed by atoms with van der Waals surface area (Å²) in [6.45, 7) is 0.916. The summed E-state index contributed by atoms with van der Waals surface area (Å²) in [5.41, 5.74) is 1.33. The van der Waals surface area contributed by atoms with Gasteiger partial charge in [0.2, 0.25) is 0 Å². The number of aromatic nitrogens is 2. The van der Waals surface area contributed by atoms with Crippen LogP contribution in [0.2, 0.25) is 0 Å². The number of ether oxygens (including phenoxy) is 1. The number of hydrogen-bond donors (Lipinski definition) is 0. The summed E-state index contributed by atoms with van der Waals surface area (Å²) in [5, 5.41) is 4.19. The lowest BCUT2D eigenvalue weighted by atomic mass is 10.1. The topological polar surface area (TPSA) is 27.1 Å². The van der Waals surface area contributed by atoms with Gasteiger partial charge in [-0.1, -0.05) is 0 Å². The minimum absolute atomic E-state index is 0.363. The van der Waals surface area contributed by atoms with Crippen LogP contribution in [0, 0.1) is 0 Å². The predicted octanol–water partition coefficient (Wildman–Crippen LogP) is 0.844. The normalized spacial score (nSPS) is 23.2. The Hall–Kier alpha value is -0.830. The Morgan fingerprint density at radius 1 is 1.73 bits per heavy atom. The van der Waals surface area contributed by atoms with Crippen LogP contribution in [-0.2, 0) is 17.7 Å². The van der Waals surface area contributed by atoms with Crippen LogP contribution in [0.3, 0.4) is 0 Å². The fourth-order valence-electron chi connectivity index (χ4n) is 1.52. The lowest BCUT2D eigenvalue weighted by Gasteiger charge is -2.21. The highest BCUT2D eigenvalue weighted by molar-refractivity contribution is 5.03. The lowest BCUT2D eigenvalue weighted by molar-refractivity contribution is 0.0673. The summed E-state index contributed by atoms with van der Waals surface area (Å²) in [6.07, 6.45) is 4.44. The maximum Gasteiger partial charge on any atom is 0.0771 e. The summed E-state index contributed by atoms with van der Waals surface area (Å²) in [5.74, 6) is 0. The molecule has 60 valence electrons. The summed E-state index contributed by atoms with van der Waals surface area (Å²) < 4.78 is 7.28. The van der Waals surface area contributed by atoms with Gasteiger partial charge in [-0.2, -0.15) is 5.10 Å². The molecule has 0 saturated heterocycles. The Balaban J connectivity index is 2.18.